The second kappa shape index (κ2) is 8.17. The van der Waals surface area contributed by atoms with E-state index in [9.17, 15) is 18.8 Å². The van der Waals surface area contributed by atoms with E-state index < -0.39 is 23.1 Å². The standard InChI is InChI=1S/C20H15FN2O5/c21-15-4-2-1-3-13(15)10-27-18-11-28-17(9-16(18)24)20(26)23-14-7-5-12(6-8-14)19(22)25/h1-9,11H,10H2,(H2,22,25)(H,23,26). The molecule has 1 aromatic heterocycles. The van der Waals surface area contributed by atoms with Crippen LogP contribution in [0.2, 0.25) is 0 Å². The first-order valence-electron chi connectivity index (χ1n) is 8.14. The zero-order chi connectivity index (χ0) is 20.1. The lowest BCUT2D eigenvalue weighted by Gasteiger charge is -2.07. The maximum atomic E-state index is 13.6. The van der Waals surface area contributed by atoms with Crippen LogP contribution in [0.5, 0.6) is 5.75 Å². The molecule has 0 radical (unpaired) electrons. The minimum atomic E-state index is -0.662. The highest BCUT2D eigenvalue weighted by molar-refractivity contribution is 6.02. The van der Waals surface area contributed by atoms with Crippen LogP contribution in [0.15, 0.2) is 70.1 Å². The average molecular weight is 382 g/mol. The van der Waals surface area contributed by atoms with Gasteiger partial charge in [0.1, 0.15) is 18.7 Å². The van der Waals surface area contributed by atoms with Gasteiger partial charge in [-0.2, -0.15) is 0 Å². The number of halogens is 1. The second-order valence-electron chi connectivity index (χ2n) is 5.75. The monoisotopic (exact) mass is 382 g/mol. The lowest BCUT2D eigenvalue weighted by molar-refractivity contribution is 0.0989. The van der Waals surface area contributed by atoms with Crippen LogP contribution in [0.1, 0.15) is 26.5 Å². The molecule has 28 heavy (non-hydrogen) atoms. The molecular weight excluding hydrogens is 367 g/mol. The van der Waals surface area contributed by atoms with Crippen molar-refractivity contribution in [3.63, 3.8) is 0 Å². The Morgan fingerprint density at radius 3 is 2.46 bits per heavy atom. The SMILES string of the molecule is NC(=O)c1ccc(NC(=O)c2cc(=O)c(OCc3ccccc3F)co2)cc1. The van der Waals surface area contributed by atoms with Crippen LogP contribution in [0.3, 0.4) is 0 Å². The molecule has 142 valence electrons. The van der Waals surface area contributed by atoms with Crippen molar-refractivity contribution in [1.29, 1.82) is 0 Å². The molecule has 2 amide bonds. The van der Waals surface area contributed by atoms with Gasteiger partial charge < -0.3 is 20.2 Å². The summed E-state index contributed by atoms with van der Waals surface area (Å²) in [5.74, 6) is -2.09. The Morgan fingerprint density at radius 1 is 1.11 bits per heavy atom. The summed E-state index contributed by atoms with van der Waals surface area (Å²) < 4.78 is 24.0. The summed E-state index contributed by atoms with van der Waals surface area (Å²) >= 11 is 0. The molecule has 0 aliphatic heterocycles. The highest BCUT2D eigenvalue weighted by Crippen LogP contribution is 2.14. The summed E-state index contributed by atoms with van der Waals surface area (Å²) in [6, 6.07) is 12.9. The first-order valence-corrected chi connectivity index (χ1v) is 8.14. The molecule has 3 rings (SSSR count). The number of amides is 2. The van der Waals surface area contributed by atoms with Crippen LogP contribution in [-0.4, -0.2) is 11.8 Å². The van der Waals surface area contributed by atoms with Crippen molar-refractivity contribution in [2.75, 3.05) is 5.32 Å². The van der Waals surface area contributed by atoms with Gasteiger partial charge in [0, 0.05) is 22.9 Å². The molecule has 0 aliphatic carbocycles. The van der Waals surface area contributed by atoms with Crippen LogP contribution in [0, 0.1) is 5.82 Å². The Morgan fingerprint density at radius 2 is 1.82 bits per heavy atom. The molecule has 0 atom stereocenters. The summed E-state index contributed by atoms with van der Waals surface area (Å²) in [6.07, 6.45) is 0.994. The molecule has 7 nitrogen and oxygen atoms in total. The van der Waals surface area contributed by atoms with E-state index in [1.165, 1.54) is 36.4 Å². The third kappa shape index (κ3) is 4.42. The van der Waals surface area contributed by atoms with Crippen molar-refractivity contribution < 1.29 is 23.1 Å². The van der Waals surface area contributed by atoms with Crippen molar-refractivity contribution in [3.05, 3.63) is 93.8 Å². The molecular formula is C20H15FN2O5. The quantitative estimate of drug-likeness (QED) is 0.681. The number of carbonyl (C=O) groups excluding carboxylic acids is 2. The normalized spacial score (nSPS) is 10.3. The van der Waals surface area contributed by atoms with E-state index in [4.69, 9.17) is 14.9 Å². The van der Waals surface area contributed by atoms with Crippen LogP contribution in [-0.2, 0) is 6.61 Å². The van der Waals surface area contributed by atoms with E-state index in [2.05, 4.69) is 5.32 Å². The minimum Gasteiger partial charge on any atom is -0.482 e. The molecule has 8 heteroatoms. The van der Waals surface area contributed by atoms with Gasteiger partial charge in [0.05, 0.1) is 0 Å². The van der Waals surface area contributed by atoms with Gasteiger partial charge in [-0.1, -0.05) is 18.2 Å². The summed E-state index contributed by atoms with van der Waals surface area (Å²) in [5.41, 5.74) is 5.52. The Kier molecular flexibility index (Phi) is 5.50. The van der Waals surface area contributed by atoms with Gasteiger partial charge in [-0.3, -0.25) is 14.4 Å². The van der Waals surface area contributed by atoms with Gasteiger partial charge in [-0.05, 0) is 30.3 Å². The molecule has 1 heterocycles. The number of rotatable bonds is 6. The van der Waals surface area contributed by atoms with Crippen LogP contribution in [0.25, 0.3) is 0 Å². The Hall–Kier alpha value is -3.94. The third-order valence-electron chi connectivity index (χ3n) is 3.79. The molecule has 2 aromatic carbocycles. The molecule has 0 aliphatic rings. The first-order chi connectivity index (χ1) is 13.4. The fraction of sp³-hybridized carbons (Fsp3) is 0.0500. The highest BCUT2D eigenvalue weighted by atomic mass is 19.1. The predicted octanol–water partition coefficient (Wildman–Crippen LogP) is 2.71. The third-order valence-corrected chi connectivity index (χ3v) is 3.79. The number of nitrogens with two attached hydrogens (primary N) is 1. The largest absolute Gasteiger partial charge is 0.482 e. The van der Waals surface area contributed by atoms with Crippen molar-refractivity contribution in [1.82, 2.24) is 0 Å². The number of carbonyl (C=O) groups is 2. The van der Waals surface area contributed by atoms with Gasteiger partial charge in [0.2, 0.25) is 17.1 Å². The Balaban J connectivity index is 1.67. The van der Waals surface area contributed by atoms with E-state index in [-0.39, 0.29) is 23.7 Å². The average Bonchev–Trinajstić information content (AvgIpc) is 2.68. The topological polar surface area (TPSA) is 112 Å². The zero-order valence-corrected chi connectivity index (χ0v) is 14.5. The molecule has 0 bridgehead atoms. The number of hydrogen-bond acceptors (Lipinski definition) is 5. The fourth-order valence-corrected chi connectivity index (χ4v) is 2.30. The number of ether oxygens (including phenoxy) is 1. The second-order valence-corrected chi connectivity index (χ2v) is 5.75. The molecule has 3 N–H and O–H groups in total. The molecule has 3 aromatic rings. The fourth-order valence-electron chi connectivity index (χ4n) is 2.30. The maximum absolute atomic E-state index is 13.6. The summed E-state index contributed by atoms with van der Waals surface area (Å²) in [6.45, 7) is -0.158. The number of anilines is 1. The lowest BCUT2D eigenvalue weighted by Crippen LogP contribution is -2.16. The van der Waals surface area contributed by atoms with Crippen LogP contribution in [0.4, 0.5) is 10.1 Å². The number of hydrogen-bond donors (Lipinski definition) is 2. The number of benzene rings is 2. The van der Waals surface area contributed by atoms with Gasteiger partial charge in [-0.15, -0.1) is 0 Å². The number of nitrogens with one attached hydrogen (secondary N) is 1. The molecule has 0 saturated carbocycles. The van der Waals surface area contributed by atoms with Crippen LogP contribution >= 0.6 is 0 Å². The summed E-state index contributed by atoms with van der Waals surface area (Å²) in [5, 5.41) is 2.52. The summed E-state index contributed by atoms with van der Waals surface area (Å²) in [4.78, 5) is 35.3. The van der Waals surface area contributed by atoms with E-state index in [0.717, 1.165) is 12.3 Å². The lowest BCUT2D eigenvalue weighted by atomic mass is 10.2. The van der Waals surface area contributed by atoms with Crippen molar-refractivity contribution >= 4 is 17.5 Å². The predicted molar refractivity (Wildman–Crippen MR) is 98.6 cm³/mol. The van der Waals surface area contributed by atoms with Gasteiger partial charge in [0.15, 0.2) is 5.76 Å². The van der Waals surface area contributed by atoms with Gasteiger partial charge in [0.25, 0.3) is 5.91 Å². The number of primary amides is 1. The van der Waals surface area contributed by atoms with Crippen molar-refractivity contribution in [2.45, 2.75) is 6.61 Å². The van der Waals surface area contributed by atoms with E-state index >= 15 is 0 Å². The van der Waals surface area contributed by atoms with Gasteiger partial charge in [-0.25, -0.2) is 4.39 Å². The van der Waals surface area contributed by atoms with E-state index in [0.29, 0.717) is 11.3 Å². The smallest absolute Gasteiger partial charge is 0.291 e. The minimum absolute atomic E-state index is 0.148. The molecule has 0 fully saturated rings. The molecule has 0 saturated heterocycles. The summed E-state index contributed by atoms with van der Waals surface area (Å²) in [7, 11) is 0. The highest BCUT2D eigenvalue weighted by Gasteiger charge is 2.13. The zero-order valence-electron chi connectivity index (χ0n) is 14.5. The molecule has 0 spiro atoms. The van der Waals surface area contributed by atoms with Crippen molar-refractivity contribution in [3.8, 4) is 5.75 Å². The Bertz CT molecular complexity index is 1080. The Labute approximate surface area is 158 Å². The van der Waals surface area contributed by atoms with Crippen LogP contribution < -0.4 is 21.2 Å². The first kappa shape index (κ1) is 18.8. The van der Waals surface area contributed by atoms with Gasteiger partial charge >= 0.3 is 0 Å². The van der Waals surface area contributed by atoms with E-state index in [1.807, 2.05) is 0 Å². The molecule has 0 unspecified atom stereocenters. The maximum Gasteiger partial charge on any atom is 0.291 e. The van der Waals surface area contributed by atoms with Crippen molar-refractivity contribution in [2.24, 2.45) is 5.73 Å². The van der Waals surface area contributed by atoms with E-state index in [1.54, 1.807) is 12.1 Å².